The van der Waals surface area contributed by atoms with Crippen LogP contribution in [0.15, 0.2) is 11.8 Å². The molecule has 0 aromatic rings. The molecule has 0 aromatic carbocycles. The van der Waals surface area contributed by atoms with Gasteiger partial charge in [-0.05, 0) is 25.8 Å². The summed E-state index contributed by atoms with van der Waals surface area (Å²) < 4.78 is 0. The molecule has 0 radical (unpaired) electrons. The second-order valence-electron chi connectivity index (χ2n) is 3.30. The van der Waals surface area contributed by atoms with E-state index in [0.29, 0.717) is 0 Å². The first-order valence-electron chi connectivity index (χ1n) is 3.94. The summed E-state index contributed by atoms with van der Waals surface area (Å²) in [7, 11) is 0. The lowest BCUT2D eigenvalue weighted by atomic mass is 10.0. The second-order valence-corrected chi connectivity index (χ2v) is 3.30. The van der Waals surface area contributed by atoms with Crippen molar-refractivity contribution in [3.05, 3.63) is 11.8 Å². The molecule has 2 rings (SSSR count). The third kappa shape index (κ3) is 0.833. The van der Waals surface area contributed by atoms with E-state index in [-0.39, 0.29) is 5.60 Å². The Morgan fingerprint density at radius 2 is 2.20 bits per heavy atom. The van der Waals surface area contributed by atoms with E-state index >= 15 is 0 Å². The molecule has 1 spiro atoms. The maximum Gasteiger partial charge on any atom is 0.116 e. The number of hydrogen-bond donors (Lipinski definition) is 1. The summed E-state index contributed by atoms with van der Waals surface area (Å²) in [6, 6.07) is 0. The van der Waals surface area contributed by atoms with Crippen molar-refractivity contribution in [1.29, 1.82) is 0 Å². The van der Waals surface area contributed by atoms with Gasteiger partial charge in [-0.3, -0.25) is 10.3 Å². The fraction of sp³-hybridized carbons (Fsp3) is 0.750. The molecule has 0 saturated heterocycles. The second kappa shape index (κ2) is 1.99. The van der Waals surface area contributed by atoms with Crippen molar-refractivity contribution < 1.29 is 4.84 Å². The molecule has 1 heterocycles. The lowest BCUT2D eigenvalue weighted by molar-refractivity contribution is -0.0349. The first-order chi connectivity index (χ1) is 4.81. The first-order valence-corrected chi connectivity index (χ1v) is 3.94. The fourth-order valence-corrected chi connectivity index (χ4v) is 1.86. The maximum atomic E-state index is 5.47. The fourth-order valence-electron chi connectivity index (χ4n) is 1.86. The van der Waals surface area contributed by atoms with E-state index in [0.717, 1.165) is 0 Å². The summed E-state index contributed by atoms with van der Waals surface area (Å²) in [5.74, 6) is 0. The zero-order chi connectivity index (χ0) is 7.03. The Bertz CT molecular complexity index is 168. The van der Waals surface area contributed by atoms with Gasteiger partial charge in [0.05, 0.1) is 0 Å². The van der Waals surface area contributed by atoms with Crippen LogP contribution in [-0.2, 0) is 4.84 Å². The highest BCUT2D eigenvalue weighted by atomic mass is 16.7. The summed E-state index contributed by atoms with van der Waals surface area (Å²) in [5.41, 5.74) is 4.17. The van der Waals surface area contributed by atoms with Crippen LogP contribution in [0.25, 0.3) is 0 Å². The van der Waals surface area contributed by atoms with Crippen LogP contribution in [0.4, 0.5) is 0 Å². The molecular formula is C8H13NO. The number of hydroxylamine groups is 1. The summed E-state index contributed by atoms with van der Waals surface area (Å²) in [5, 5.41) is 0. The standard InChI is InChI=1S/C8H13NO/c1-7-6-8(10-9-7)4-2-3-5-8/h6,9H,2-5H2,1H3. The normalized spacial score (nSPS) is 28.7. The molecule has 1 saturated carbocycles. The summed E-state index contributed by atoms with van der Waals surface area (Å²) in [6.07, 6.45) is 7.23. The molecule has 2 aliphatic rings. The van der Waals surface area contributed by atoms with Gasteiger partial charge in [-0.1, -0.05) is 12.8 Å². The van der Waals surface area contributed by atoms with Crippen molar-refractivity contribution >= 4 is 0 Å². The molecule has 2 nitrogen and oxygen atoms in total. The van der Waals surface area contributed by atoms with E-state index in [9.17, 15) is 0 Å². The number of nitrogens with one attached hydrogen (secondary N) is 1. The molecular weight excluding hydrogens is 126 g/mol. The van der Waals surface area contributed by atoms with E-state index in [2.05, 4.69) is 11.6 Å². The van der Waals surface area contributed by atoms with Crippen LogP contribution < -0.4 is 5.48 Å². The minimum atomic E-state index is 0.0874. The van der Waals surface area contributed by atoms with Crippen molar-refractivity contribution in [3.63, 3.8) is 0 Å². The minimum Gasteiger partial charge on any atom is -0.271 e. The Labute approximate surface area is 61.2 Å². The van der Waals surface area contributed by atoms with Crippen molar-refractivity contribution in [3.8, 4) is 0 Å². The summed E-state index contributed by atoms with van der Waals surface area (Å²) >= 11 is 0. The van der Waals surface area contributed by atoms with Gasteiger partial charge in [-0.15, -0.1) is 0 Å². The smallest absolute Gasteiger partial charge is 0.116 e. The van der Waals surface area contributed by atoms with Gasteiger partial charge in [0.2, 0.25) is 0 Å². The van der Waals surface area contributed by atoms with Gasteiger partial charge in [0, 0.05) is 5.70 Å². The summed E-state index contributed by atoms with van der Waals surface area (Å²) in [6.45, 7) is 2.05. The lowest BCUT2D eigenvalue weighted by Crippen LogP contribution is -2.25. The van der Waals surface area contributed by atoms with Crippen molar-refractivity contribution in [2.75, 3.05) is 0 Å². The van der Waals surface area contributed by atoms with Crippen LogP contribution in [-0.4, -0.2) is 5.60 Å². The molecule has 0 unspecified atom stereocenters. The molecule has 10 heavy (non-hydrogen) atoms. The van der Waals surface area contributed by atoms with E-state index in [4.69, 9.17) is 4.84 Å². The molecule has 0 bridgehead atoms. The van der Waals surface area contributed by atoms with Crippen LogP contribution in [0.3, 0.4) is 0 Å². The van der Waals surface area contributed by atoms with Gasteiger partial charge in [0.15, 0.2) is 0 Å². The number of rotatable bonds is 0. The van der Waals surface area contributed by atoms with E-state index in [1.165, 1.54) is 31.4 Å². The Hall–Kier alpha value is -0.500. The van der Waals surface area contributed by atoms with Crippen molar-refractivity contribution in [2.45, 2.75) is 38.2 Å². The van der Waals surface area contributed by atoms with Gasteiger partial charge in [-0.2, -0.15) is 0 Å². The molecule has 0 amide bonds. The Morgan fingerprint density at radius 1 is 1.50 bits per heavy atom. The summed E-state index contributed by atoms with van der Waals surface area (Å²) in [4.78, 5) is 5.47. The van der Waals surface area contributed by atoms with E-state index < -0.39 is 0 Å². The van der Waals surface area contributed by atoms with Gasteiger partial charge in [0.1, 0.15) is 5.60 Å². The third-order valence-electron chi connectivity index (χ3n) is 2.34. The number of allylic oxidation sites excluding steroid dienone is 1. The zero-order valence-corrected chi connectivity index (χ0v) is 6.31. The van der Waals surface area contributed by atoms with Crippen LogP contribution in [0.1, 0.15) is 32.6 Å². The van der Waals surface area contributed by atoms with Crippen LogP contribution in [0.2, 0.25) is 0 Å². The van der Waals surface area contributed by atoms with Gasteiger partial charge >= 0.3 is 0 Å². The average Bonchev–Trinajstić information content (AvgIpc) is 2.46. The lowest BCUT2D eigenvalue weighted by Gasteiger charge is -2.17. The van der Waals surface area contributed by atoms with E-state index in [1.54, 1.807) is 0 Å². The van der Waals surface area contributed by atoms with Gasteiger partial charge in [0.25, 0.3) is 0 Å². The SMILES string of the molecule is CC1=CC2(CCCC2)ON1. The van der Waals surface area contributed by atoms with Crippen molar-refractivity contribution in [2.24, 2.45) is 0 Å². The zero-order valence-electron chi connectivity index (χ0n) is 6.31. The molecule has 1 aliphatic heterocycles. The molecule has 2 heteroatoms. The minimum absolute atomic E-state index is 0.0874. The molecule has 1 aliphatic carbocycles. The van der Waals surface area contributed by atoms with Gasteiger partial charge in [-0.25, -0.2) is 0 Å². The topological polar surface area (TPSA) is 21.3 Å². The predicted octanol–water partition coefficient (Wildman–Crippen LogP) is 1.74. The Morgan fingerprint density at radius 3 is 2.70 bits per heavy atom. The van der Waals surface area contributed by atoms with Crippen LogP contribution >= 0.6 is 0 Å². The maximum absolute atomic E-state index is 5.47. The monoisotopic (exact) mass is 139 g/mol. The largest absolute Gasteiger partial charge is 0.271 e. The highest BCUT2D eigenvalue weighted by Gasteiger charge is 2.36. The highest BCUT2D eigenvalue weighted by molar-refractivity contribution is 5.13. The Kier molecular flexibility index (Phi) is 1.24. The van der Waals surface area contributed by atoms with Gasteiger partial charge < -0.3 is 0 Å². The van der Waals surface area contributed by atoms with Crippen molar-refractivity contribution in [1.82, 2.24) is 5.48 Å². The molecule has 56 valence electrons. The highest BCUT2D eigenvalue weighted by Crippen LogP contribution is 2.36. The predicted molar refractivity (Wildman–Crippen MR) is 39.2 cm³/mol. The molecule has 1 fully saturated rings. The van der Waals surface area contributed by atoms with E-state index in [1.807, 2.05) is 6.92 Å². The molecule has 0 aromatic heterocycles. The Balaban J connectivity index is 2.16. The van der Waals surface area contributed by atoms with Crippen LogP contribution in [0, 0.1) is 0 Å². The number of hydrogen-bond acceptors (Lipinski definition) is 2. The quantitative estimate of drug-likeness (QED) is 0.552. The first kappa shape index (κ1) is 6.23. The molecule has 1 N–H and O–H groups in total. The molecule has 0 atom stereocenters. The average molecular weight is 139 g/mol. The third-order valence-corrected chi connectivity index (χ3v) is 2.34. The van der Waals surface area contributed by atoms with Crippen LogP contribution in [0.5, 0.6) is 0 Å².